The minimum atomic E-state index is -0.0731. The molecular formula is C25H40O2. The van der Waals surface area contributed by atoms with Gasteiger partial charge >= 0.3 is 5.97 Å². The lowest BCUT2D eigenvalue weighted by Crippen LogP contribution is -2.46. The van der Waals surface area contributed by atoms with Gasteiger partial charge in [-0.15, -0.1) is 0 Å². The second-order valence-corrected chi connectivity index (χ2v) is 11.6. The van der Waals surface area contributed by atoms with Gasteiger partial charge in [0.1, 0.15) is 5.60 Å². The summed E-state index contributed by atoms with van der Waals surface area (Å²) in [6, 6.07) is 0. The van der Waals surface area contributed by atoms with Gasteiger partial charge in [0, 0.05) is 11.8 Å². The summed E-state index contributed by atoms with van der Waals surface area (Å²) >= 11 is 0. The number of fused-ring (bicyclic) bond motifs is 2. The molecule has 6 saturated carbocycles. The van der Waals surface area contributed by atoms with E-state index in [1.165, 1.54) is 38.5 Å². The molecule has 6 bridgehead atoms. The minimum Gasteiger partial charge on any atom is -0.458 e. The predicted molar refractivity (Wildman–Crippen MR) is 108 cm³/mol. The lowest BCUT2D eigenvalue weighted by atomic mass is 9.61. The average molecular weight is 373 g/mol. The Morgan fingerprint density at radius 1 is 0.963 bits per heavy atom. The molecule has 0 heterocycles. The molecule has 0 aliphatic heterocycles. The second-order valence-electron chi connectivity index (χ2n) is 11.6. The summed E-state index contributed by atoms with van der Waals surface area (Å²) in [5.74, 6) is 6.38. The van der Waals surface area contributed by atoms with Gasteiger partial charge in [-0.05, 0) is 79.4 Å². The summed E-state index contributed by atoms with van der Waals surface area (Å²) in [4.78, 5) is 13.5. The zero-order chi connectivity index (χ0) is 19.1. The molecule has 0 aromatic heterocycles. The third-order valence-electron chi connectivity index (χ3n) is 10.7. The van der Waals surface area contributed by atoms with E-state index in [-0.39, 0.29) is 17.5 Å². The second kappa shape index (κ2) is 5.99. The maximum Gasteiger partial charge on any atom is 0.309 e. The van der Waals surface area contributed by atoms with E-state index >= 15 is 0 Å². The highest BCUT2D eigenvalue weighted by molar-refractivity contribution is 5.74. The van der Waals surface area contributed by atoms with Crippen molar-refractivity contribution in [3.05, 3.63) is 0 Å². The Hall–Kier alpha value is -0.530. The Bertz CT molecular complexity index is 606. The van der Waals surface area contributed by atoms with Crippen molar-refractivity contribution in [3.8, 4) is 0 Å². The maximum absolute atomic E-state index is 13.5. The molecule has 2 nitrogen and oxygen atoms in total. The number of carbonyl (C=O) groups excluding carboxylic acids is 1. The fourth-order valence-corrected chi connectivity index (χ4v) is 9.53. The zero-order valence-corrected chi connectivity index (χ0v) is 18.2. The summed E-state index contributed by atoms with van der Waals surface area (Å²) in [7, 11) is 0. The van der Waals surface area contributed by atoms with Crippen LogP contribution in [0.4, 0.5) is 0 Å². The molecule has 0 N–H and O–H groups in total. The number of esters is 1. The van der Waals surface area contributed by atoms with Crippen LogP contribution in [-0.4, -0.2) is 11.6 Å². The predicted octanol–water partition coefficient (Wildman–Crippen LogP) is 6.09. The fraction of sp³-hybridized carbons (Fsp3) is 0.960. The molecule has 27 heavy (non-hydrogen) atoms. The maximum atomic E-state index is 13.5. The average Bonchev–Trinajstić information content (AvgIpc) is 3.46. The van der Waals surface area contributed by atoms with Crippen molar-refractivity contribution in [1.29, 1.82) is 0 Å². The highest BCUT2D eigenvalue weighted by Crippen LogP contribution is 2.70. The molecular weight excluding hydrogens is 332 g/mol. The molecule has 0 saturated heterocycles. The topological polar surface area (TPSA) is 26.3 Å². The molecule has 0 amide bonds. The quantitative estimate of drug-likeness (QED) is 0.527. The first-order valence-corrected chi connectivity index (χ1v) is 12.1. The highest BCUT2D eigenvalue weighted by Gasteiger charge is 2.69. The van der Waals surface area contributed by atoms with E-state index in [2.05, 4.69) is 34.6 Å². The molecule has 9 atom stereocenters. The van der Waals surface area contributed by atoms with Gasteiger partial charge in [0.15, 0.2) is 0 Å². The van der Waals surface area contributed by atoms with Gasteiger partial charge in [0.05, 0.1) is 5.92 Å². The van der Waals surface area contributed by atoms with E-state index in [4.69, 9.17) is 4.74 Å². The number of hydrogen-bond donors (Lipinski definition) is 0. The first-order valence-electron chi connectivity index (χ1n) is 12.1. The Morgan fingerprint density at radius 3 is 2.15 bits per heavy atom. The molecule has 0 aromatic rings. The van der Waals surface area contributed by atoms with Crippen molar-refractivity contribution in [3.63, 3.8) is 0 Å². The van der Waals surface area contributed by atoms with Gasteiger partial charge in [-0.3, -0.25) is 4.79 Å². The third-order valence-corrected chi connectivity index (χ3v) is 10.7. The van der Waals surface area contributed by atoms with E-state index in [0.29, 0.717) is 23.2 Å². The standard InChI is InChI=1S/C25H40O2/c1-6-17-18-10-16(22(17)24(4,5)7-2)11-19(18)23(26)27-25(8-3)20-12-14-9-15(20)13-21(14)25/h14-22H,6-13H2,1-5H3. The Balaban J connectivity index is 1.33. The van der Waals surface area contributed by atoms with Gasteiger partial charge in [-0.1, -0.05) is 47.5 Å². The molecule has 9 unspecified atom stereocenters. The van der Waals surface area contributed by atoms with Gasteiger partial charge in [-0.25, -0.2) is 0 Å². The van der Waals surface area contributed by atoms with Crippen LogP contribution >= 0.6 is 0 Å². The van der Waals surface area contributed by atoms with Crippen molar-refractivity contribution in [2.24, 2.45) is 58.7 Å². The first kappa shape index (κ1) is 18.5. The minimum absolute atomic E-state index is 0.0731. The number of carbonyl (C=O) groups is 1. The molecule has 152 valence electrons. The van der Waals surface area contributed by atoms with Gasteiger partial charge in [0.25, 0.3) is 0 Å². The van der Waals surface area contributed by atoms with Gasteiger partial charge in [0.2, 0.25) is 0 Å². The third kappa shape index (κ3) is 2.28. The zero-order valence-electron chi connectivity index (χ0n) is 18.2. The molecule has 6 aliphatic carbocycles. The summed E-state index contributed by atoms with van der Waals surface area (Å²) in [5, 5.41) is 0. The molecule has 2 heteroatoms. The molecule has 0 spiro atoms. The van der Waals surface area contributed by atoms with Crippen molar-refractivity contribution < 1.29 is 9.53 Å². The van der Waals surface area contributed by atoms with Crippen LogP contribution in [0.3, 0.4) is 0 Å². The van der Waals surface area contributed by atoms with Crippen LogP contribution in [0, 0.1) is 58.7 Å². The van der Waals surface area contributed by atoms with Gasteiger partial charge < -0.3 is 4.74 Å². The largest absolute Gasteiger partial charge is 0.458 e. The fourth-order valence-electron chi connectivity index (χ4n) is 9.53. The molecule has 0 aromatic carbocycles. The van der Waals surface area contributed by atoms with E-state index in [0.717, 1.165) is 42.4 Å². The van der Waals surface area contributed by atoms with Crippen molar-refractivity contribution in [2.75, 3.05) is 0 Å². The van der Waals surface area contributed by atoms with E-state index in [9.17, 15) is 4.79 Å². The van der Waals surface area contributed by atoms with E-state index < -0.39 is 0 Å². The Kier molecular flexibility index (Phi) is 4.10. The van der Waals surface area contributed by atoms with Crippen LogP contribution < -0.4 is 0 Å². The van der Waals surface area contributed by atoms with Crippen LogP contribution in [0.5, 0.6) is 0 Å². The molecule has 0 radical (unpaired) electrons. The normalized spacial score (nSPS) is 52.3. The first-order chi connectivity index (χ1) is 12.9. The van der Waals surface area contributed by atoms with Crippen LogP contribution in [0.15, 0.2) is 0 Å². The van der Waals surface area contributed by atoms with Crippen LogP contribution in [-0.2, 0) is 9.53 Å². The van der Waals surface area contributed by atoms with E-state index in [1.807, 2.05) is 0 Å². The van der Waals surface area contributed by atoms with Crippen molar-refractivity contribution in [2.45, 2.75) is 91.6 Å². The Labute approximate surface area is 166 Å². The van der Waals surface area contributed by atoms with Crippen LogP contribution in [0.25, 0.3) is 0 Å². The molecule has 6 fully saturated rings. The van der Waals surface area contributed by atoms with Crippen LogP contribution in [0.2, 0.25) is 0 Å². The van der Waals surface area contributed by atoms with Gasteiger partial charge in [-0.2, -0.15) is 0 Å². The molecule has 6 aliphatic rings. The highest BCUT2D eigenvalue weighted by atomic mass is 16.6. The smallest absolute Gasteiger partial charge is 0.309 e. The van der Waals surface area contributed by atoms with Crippen LogP contribution in [0.1, 0.15) is 86.0 Å². The monoisotopic (exact) mass is 372 g/mol. The molecule has 6 rings (SSSR count). The van der Waals surface area contributed by atoms with E-state index in [1.54, 1.807) is 0 Å². The summed E-state index contributed by atoms with van der Waals surface area (Å²) in [6.45, 7) is 11.9. The number of rotatable bonds is 6. The number of hydrogen-bond acceptors (Lipinski definition) is 2. The SMILES string of the molecule is CCC1C2CC(CC2C(=O)OC2(CC)C3CC4CC3CC42)C1C(C)(C)CC. The van der Waals surface area contributed by atoms with Crippen molar-refractivity contribution >= 4 is 5.97 Å². The Morgan fingerprint density at radius 2 is 1.63 bits per heavy atom. The summed E-state index contributed by atoms with van der Waals surface area (Å²) in [6.07, 6.45) is 10.0. The van der Waals surface area contributed by atoms with Crippen molar-refractivity contribution in [1.82, 2.24) is 0 Å². The summed E-state index contributed by atoms with van der Waals surface area (Å²) < 4.78 is 6.57. The lowest BCUT2D eigenvalue weighted by Gasteiger charge is -2.44. The summed E-state index contributed by atoms with van der Waals surface area (Å²) in [5.41, 5.74) is 0.335. The number of ether oxygens (including phenoxy) is 1. The lowest BCUT2D eigenvalue weighted by molar-refractivity contribution is -0.177.